The number of amides is 1. The van der Waals surface area contributed by atoms with Crippen LogP contribution in [0.3, 0.4) is 0 Å². The summed E-state index contributed by atoms with van der Waals surface area (Å²) in [5.74, 6) is 0.843. The van der Waals surface area contributed by atoms with Crippen molar-refractivity contribution in [3.8, 4) is 11.3 Å². The highest BCUT2D eigenvalue weighted by molar-refractivity contribution is 7.98. The maximum Gasteiger partial charge on any atom is 0.307 e. The predicted molar refractivity (Wildman–Crippen MR) is 167 cm³/mol. The lowest BCUT2D eigenvalue weighted by molar-refractivity contribution is -0.154. The SMILES string of the molecule is CC(C)(C)OC(=O)CCSCc1cccc(C(=O)Nc2ccc(N3CCCCC3)cc2-c2cc(C(=O)Cl)ccn2)c1. The first-order valence-corrected chi connectivity index (χ1v) is 15.4. The van der Waals surface area contributed by atoms with Gasteiger partial charge in [-0.15, -0.1) is 0 Å². The molecule has 1 saturated heterocycles. The first-order chi connectivity index (χ1) is 19.6. The number of benzene rings is 2. The van der Waals surface area contributed by atoms with Crippen LogP contribution in [0.4, 0.5) is 11.4 Å². The summed E-state index contributed by atoms with van der Waals surface area (Å²) in [5.41, 5.74) is 4.29. The third kappa shape index (κ3) is 9.07. The van der Waals surface area contributed by atoms with E-state index in [4.69, 9.17) is 16.3 Å². The fourth-order valence-corrected chi connectivity index (χ4v) is 5.63. The number of hydrogen-bond donors (Lipinski definition) is 1. The highest BCUT2D eigenvalue weighted by atomic mass is 35.5. The van der Waals surface area contributed by atoms with Gasteiger partial charge in [-0.2, -0.15) is 11.8 Å². The Balaban J connectivity index is 1.49. The Labute approximate surface area is 251 Å². The van der Waals surface area contributed by atoms with Gasteiger partial charge in [-0.3, -0.25) is 19.4 Å². The monoisotopic (exact) mass is 593 g/mol. The molecule has 1 fully saturated rings. The Kier molecular flexibility index (Phi) is 10.5. The Morgan fingerprint density at radius 3 is 2.51 bits per heavy atom. The number of esters is 1. The maximum atomic E-state index is 13.4. The number of halogens is 1. The van der Waals surface area contributed by atoms with Gasteiger partial charge in [0, 0.05) is 53.2 Å². The number of piperidine rings is 1. The van der Waals surface area contributed by atoms with Crippen molar-refractivity contribution in [2.45, 2.75) is 57.8 Å². The number of hydrogen-bond acceptors (Lipinski definition) is 7. The molecule has 0 unspecified atom stereocenters. The second-order valence-corrected chi connectivity index (χ2v) is 12.5. The lowest BCUT2D eigenvalue weighted by Crippen LogP contribution is -2.29. The smallest absolute Gasteiger partial charge is 0.307 e. The van der Waals surface area contributed by atoms with Gasteiger partial charge < -0.3 is 15.0 Å². The molecule has 1 aromatic heterocycles. The summed E-state index contributed by atoms with van der Waals surface area (Å²) in [4.78, 5) is 44.0. The lowest BCUT2D eigenvalue weighted by atomic mass is 10.0. The van der Waals surface area contributed by atoms with Crippen molar-refractivity contribution < 1.29 is 19.1 Å². The van der Waals surface area contributed by atoms with Gasteiger partial charge in [-0.25, -0.2) is 0 Å². The van der Waals surface area contributed by atoms with E-state index in [1.54, 1.807) is 36.2 Å². The zero-order valence-corrected chi connectivity index (χ0v) is 25.3. The zero-order chi connectivity index (χ0) is 29.4. The first-order valence-electron chi connectivity index (χ1n) is 13.8. The highest BCUT2D eigenvalue weighted by Gasteiger charge is 2.18. The molecule has 2 aromatic carbocycles. The van der Waals surface area contributed by atoms with Crippen LogP contribution in [0.25, 0.3) is 11.3 Å². The molecule has 0 radical (unpaired) electrons. The van der Waals surface area contributed by atoms with E-state index in [1.807, 2.05) is 57.2 Å². The number of carbonyl (C=O) groups excluding carboxylic acids is 3. The van der Waals surface area contributed by atoms with Crippen molar-refractivity contribution in [3.63, 3.8) is 0 Å². The second-order valence-electron chi connectivity index (χ2n) is 11.0. The minimum atomic E-state index is -0.563. The molecule has 0 spiro atoms. The molecule has 0 atom stereocenters. The minimum Gasteiger partial charge on any atom is -0.460 e. The molecule has 1 amide bonds. The van der Waals surface area contributed by atoms with Gasteiger partial charge in [-0.05, 0) is 99.7 Å². The van der Waals surface area contributed by atoms with Crippen molar-refractivity contribution in [1.82, 2.24) is 4.98 Å². The molecule has 216 valence electrons. The third-order valence-electron chi connectivity index (χ3n) is 6.56. The molecule has 41 heavy (non-hydrogen) atoms. The van der Waals surface area contributed by atoms with Crippen LogP contribution in [0.15, 0.2) is 60.8 Å². The normalized spacial score (nSPS) is 13.5. The molecule has 0 aliphatic carbocycles. The van der Waals surface area contributed by atoms with E-state index in [0.717, 1.165) is 42.7 Å². The van der Waals surface area contributed by atoms with Gasteiger partial charge in [0.15, 0.2) is 0 Å². The van der Waals surface area contributed by atoms with E-state index >= 15 is 0 Å². The molecule has 3 aromatic rings. The van der Waals surface area contributed by atoms with Crippen LogP contribution in [0.2, 0.25) is 0 Å². The summed E-state index contributed by atoms with van der Waals surface area (Å²) < 4.78 is 5.36. The fraction of sp³-hybridized carbons (Fsp3) is 0.375. The number of nitrogens with zero attached hydrogens (tertiary/aromatic N) is 2. The van der Waals surface area contributed by atoms with Crippen LogP contribution >= 0.6 is 23.4 Å². The van der Waals surface area contributed by atoms with Crippen molar-refractivity contribution in [2.24, 2.45) is 0 Å². The van der Waals surface area contributed by atoms with Gasteiger partial charge >= 0.3 is 5.97 Å². The molecular weight excluding hydrogens is 558 g/mol. The number of carbonyl (C=O) groups is 3. The molecule has 1 N–H and O–H groups in total. The van der Waals surface area contributed by atoms with Crippen LogP contribution in [0.5, 0.6) is 0 Å². The van der Waals surface area contributed by atoms with E-state index < -0.39 is 10.8 Å². The van der Waals surface area contributed by atoms with Crippen LogP contribution in [0.1, 0.15) is 72.7 Å². The summed E-state index contributed by atoms with van der Waals surface area (Å²) in [5, 5.41) is 2.49. The van der Waals surface area contributed by atoms with Gasteiger partial charge in [0.05, 0.1) is 17.8 Å². The molecule has 4 rings (SSSR count). The van der Waals surface area contributed by atoms with E-state index in [1.165, 1.54) is 6.42 Å². The molecule has 2 heterocycles. The minimum absolute atomic E-state index is 0.212. The Morgan fingerprint density at radius 1 is 1.00 bits per heavy atom. The number of pyridine rings is 1. The number of ether oxygens (including phenoxy) is 1. The summed E-state index contributed by atoms with van der Waals surface area (Å²) in [6.07, 6.45) is 5.38. The summed E-state index contributed by atoms with van der Waals surface area (Å²) in [6.45, 7) is 7.52. The Morgan fingerprint density at radius 2 is 1.78 bits per heavy atom. The Hall–Kier alpha value is -3.36. The van der Waals surface area contributed by atoms with E-state index in [0.29, 0.717) is 40.4 Å². The number of thioether (sulfide) groups is 1. The lowest BCUT2D eigenvalue weighted by Gasteiger charge is -2.29. The van der Waals surface area contributed by atoms with Crippen LogP contribution in [-0.2, 0) is 15.3 Å². The van der Waals surface area contributed by atoms with Gasteiger partial charge in [0.2, 0.25) is 0 Å². The average Bonchev–Trinajstić information content (AvgIpc) is 2.95. The largest absolute Gasteiger partial charge is 0.460 e. The molecular formula is C32H36ClN3O4S. The number of nitrogens with one attached hydrogen (secondary N) is 1. The standard InChI is InChI=1S/C32H36ClN3O4S/c1-32(2,3)40-29(37)13-17-41-21-22-8-7-9-24(18-22)31(39)35-27-11-10-25(36-15-5-4-6-16-36)20-26(27)28-19-23(30(33)38)12-14-34-28/h7-12,14,18-20H,4-6,13,15-17,21H2,1-3H3,(H,35,39). The van der Waals surface area contributed by atoms with E-state index in [2.05, 4.69) is 15.2 Å². The molecule has 9 heteroatoms. The van der Waals surface area contributed by atoms with Crippen LogP contribution in [0, 0.1) is 0 Å². The average molecular weight is 594 g/mol. The Bertz CT molecular complexity index is 1400. The second kappa shape index (κ2) is 14.0. The van der Waals surface area contributed by atoms with E-state index in [9.17, 15) is 14.4 Å². The summed E-state index contributed by atoms with van der Waals surface area (Å²) in [7, 11) is 0. The summed E-state index contributed by atoms with van der Waals surface area (Å²) >= 11 is 7.37. The van der Waals surface area contributed by atoms with Crippen molar-refractivity contribution in [1.29, 1.82) is 0 Å². The zero-order valence-electron chi connectivity index (χ0n) is 23.7. The quantitative estimate of drug-likeness (QED) is 0.149. The van der Waals surface area contributed by atoms with Crippen LogP contribution < -0.4 is 10.2 Å². The van der Waals surface area contributed by atoms with Crippen molar-refractivity contribution >= 4 is 51.9 Å². The van der Waals surface area contributed by atoms with Gasteiger partial charge in [0.25, 0.3) is 11.1 Å². The molecule has 0 bridgehead atoms. The first kappa shape index (κ1) is 30.6. The predicted octanol–water partition coefficient (Wildman–Crippen LogP) is 7.34. The van der Waals surface area contributed by atoms with Gasteiger partial charge in [0.1, 0.15) is 5.60 Å². The molecule has 1 aliphatic rings. The molecule has 7 nitrogen and oxygen atoms in total. The highest BCUT2D eigenvalue weighted by Crippen LogP contribution is 2.33. The van der Waals surface area contributed by atoms with E-state index in [-0.39, 0.29) is 11.9 Å². The summed E-state index contributed by atoms with van der Waals surface area (Å²) in [6, 6.07) is 16.6. The molecule has 0 saturated carbocycles. The molecule has 1 aliphatic heterocycles. The van der Waals surface area contributed by atoms with Crippen molar-refractivity contribution in [3.05, 3.63) is 77.5 Å². The number of anilines is 2. The topological polar surface area (TPSA) is 88.6 Å². The number of rotatable bonds is 10. The third-order valence-corrected chi connectivity index (χ3v) is 7.81. The fourth-order valence-electron chi connectivity index (χ4n) is 4.64. The van der Waals surface area contributed by atoms with Gasteiger partial charge in [-0.1, -0.05) is 12.1 Å². The van der Waals surface area contributed by atoms with Crippen molar-refractivity contribution in [2.75, 3.05) is 29.1 Å². The maximum absolute atomic E-state index is 13.4. The number of aromatic nitrogens is 1. The van der Waals surface area contributed by atoms with Crippen LogP contribution in [-0.4, -0.2) is 46.5 Å².